The molecule has 2 atom stereocenters. The molecule has 2 aliphatic heterocycles. The Balaban J connectivity index is 1.96. The zero-order valence-corrected chi connectivity index (χ0v) is 13.1. The second-order valence-corrected chi connectivity index (χ2v) is 6.79. The lowest BCUT2D eigenvalue weighted by Gasteiger charge is -2.45. The first-order chi connectivity index (χ1) is 9.81. The molecule has 2 fully saturated rings. The van der Waals surface area contributed by atoms with Crippen LogP contribution < -0.4 is 0 Å². The third kappa shape index (κ3) is 3.69. The number of terminal acetylenes is 1. The van der Waals surface area contributed by atoms with Crippen molar-refractivity contribution in [2.75, 3.05) is 19.6 Å². The van der Waals surface area contributed by atoms with Gasteiger partial charge in [0.25, 0.3) is 0 Å². The van der Waals surface area contributed by atoms with Crippen molar-refractivity contribution in [2.45, 2.75) is 51.7 Å². The predicted octanol–water partition coefficient (Wildman–Crippen LogP) is 1.87. The highest BCUT2D eigenvalue weighted by atomic mass is 16.6. The van der Waals surface area contributed by atoms with Crippen LogP contribution in [0.5, 0.6) is 0 Å². The van der Waals surface area contributed by atoms with Crippen LogP contribution in [0, 0.1) is 18.3 Å². The number of amides is 2. The Morgan fingerprint density at radius 2 is 2.10 bits per heavy atom. The van der Waals surface area contributed by atoms with E-state index >= 15 is 0 Å². The molecule has 0 bridgehead atoms. The molecule has 0 aromatic rings. The van der Waals surface area contributed by atoms with Gasteiger partial charge in [-0.25, -0.2) is 4.79 Å². The van der Waals surface area contributed by atoms with E-state index in [9.17, 15) is 9.59 Å². The van der Waals surface area contributed by atoms with Gasteiger partial charge in [-0.2, -0.15) is 0 Å². The first-order valence-corrected chi connectivity index (χ1v) is 7.53. The summed E-state index contributed by atoms with van der Waals surface area (Å²) in [6.07, 6.45) is 7.25. The summed E-state index contributed by atoms with van der Waals surface area (Å²) >= 11 is 0. The van der Waals surface area contributed by atoms with Crippen molar-refractivity contribution in [2.24, 2.45) is 5.92 Å². The molecular weight excluding hydrogens is 268 g/mol. The maximum Gasteiger partial charge on any atom is 0.410 e. The monoisotopic (exact) mass is 292 g/mol. The number of nitrogens with zero attached hydrogens (tertiary/aromatic N) is 2. The molecule has 0 saturated carbocycles. The fourth-order valence-electron chi connectivity index (χ4n) is 2.97. The van der Waals surface area contributed by atoms with Crippen LogP contribution >= 0.6 is 0 Å². The van der Waals surface area contributed by atoms with E-state index in [1.54, 1.807) is 4.90 Å². The molecule has 21 heavy (non-hydrogen) atoms. The molecule has 2 amide bonds. The van der Waals surface area contributed by atoms with E-state index in [1.165, 1.54) is 0 Å². The predicted molar refractivity (Wildman–Crippen MR) is 79.5 cm³/mol. The number of piperidine rings is 1. The van der Waals surface area contributed by atoms with Gasteiger partial charge < -0.3 is 14.5 Å². The summed E-state index contributed by atoms with van der Waals surface area (Å²) in [6, 6.07) is 0.104. The van der Waals surface area contributed by atoms with Crippen LogP contribution in [0.15, 0.2) is 0 Å². The van der Waals surface area contributed by atoms with Crippen LogP contribution in [0.3, 0.4) is 0 Å². The fraction of sp³-hybridized carbons (Fsp3) is 0.750. The highest BCUT2D eigenvalue weighted by Crippen LogP contribution is 2.28. The number of hydrogen-bond donors (Lipinski definition) is 0. The largest absolute Gasteiger partial charge is 0.444 e. The van der Waals surface area contributed by atoms with E-state index in [1.807, 2.05) is 25.7 Å². The van der Waals surface area contributed by atoms with Gasteiger partial charge in [-0.3, -0.25) is 4.79 Å². The Hall–Kier alpha value is -1.70. The quantitative estimate of drug-likeness (QED) is 0.693. The molecule has 0 spiro atoms. The van der Waals surface area contributed by atoms with Crippen molar-refractivity contribution in [1.82, 2.24) is 9.80 Å². The van der Waals surface area contributed by atoms with E-state index in [2.05, 4.69) is 5.92 Å². The van der Waals surface area contributed by atoms with Gasteiger partial charge in [0, 0.05) is 38.0 Å². The van der Waals surface area contributed by atoms with E-state index in [4.69, 9.17) is 11.2 Å². The zero-order chi connectivity index (χ0) is 15.6. The average Bonchev–Trinajstić information content (AvgIpc) is 2.40. The summed E-state index contributed by atoms with van der Waals surface area (Å²) < 4.78 is 5.40. The van der Waals surface area contributed by atoms with E-state index in [0.29, 0.717) is 26.1 Å². The Kier molecular flexibility index (Phi) is 4.46. The second-order valence-electron chi connectivity index (χ2n) is 6.79. The Morgan fingerprint density at radius 1 is 1.38 bits per heavy atom. The minimum atomic E-state index is -0.492. The summed E-state index contributed by atoms with van der Waals surface area (Å²) in [5.74, 6) is 2.69. The number of rotatable bonds is 1. The molecule has 0 radical (unpaired) electrons. The summed E-state index contributed by atoms with van der Waals surface area (Å²) in [6.45, 7) is 7.23. The lowest BCUT2D eigenvalue weighted by molar-refractivity contribution is -0.144. The summed E-state index contributed by atoms with van der Waals surface area (Å²) in [7, 11) is 0. The van der Waals surface area contributed by atoms with Crippen molar-refractivity contribution in [3.63, 3.8) is 0 Å². The van der Waals surface area contributed by atoms with Crippen molar-refractivity contribution >= 4 is 12.0 Å². The van der Waals surface area contributed by atoms with Gasteiger partial charge in [0.15, 0.2) is 0 Å². The molecule has 5 heteroatoms. The number of carbonyl (C=O) groups excluding carboxylic acids is 2. The molecule has 2 heterocycles. The number of piperazine rings is 1. The second kappa shape index (κ2) is 5.97. The van der Waals surface area contributed by atoms with Crippen LogP contribution in [-0.2, 0) is 9.53 Å². The van der Waals surface area contributed by atoms with Crippen LogP contribution in [0.25, 0.3) is 0 Å². The Morgan fingerprint density at radius 3 is 2.71 bits per heavy atom. The number of fused-ring (bicyclic) bond motifs is 1. The molecule has 0 aromatic carbocycles. The summed E-state index contributed by atoms with van der Waals surface area (Å²) in [5, 5.41) is 0. The smallest absolute Gasteiger partial charge is 0.410 e. The summed E-state index contributed by atoms with van der Waals surface area (Å²) in [4.78, 5) is 28.1. The number of carbonyl (C=O) groups is 2. The summed E-state index contributed by atoms with van der Waals surface area (Å²) in [5.41, 5.74) is -0.492. The molecule has 0 aromatic heterocycles. The third-order valence-corrected chi connectivity index (χ3v) is 3.98. The molecule has 5 nitrogen and oxygen atoms in total. The number of ether oxygens (including phenoxy) is 1. The lowest BCUT2D eigenvalue weighted by Crippen LogP contribution is -2.60. The van der Waals surface area contributed by atoms with Gasteiger partial charge in [-0.1, -0.05) is 0 Å². The van der Waals surface area contributed by atoms with Gasteiger partial charge in [0.1, 0.15) is 5.60 Å². The van der Waals surface area contributed by atoms with Crippen molar-refractivity contribution in [3.05, 3.63) is 0 Å². The minimum Gasteiger partial charge on any atom is -0.444 e. The SMILES string of the molecule is C#CCC1CCC2CN(C(=O)OC(C)(C)C)CCN2C1=O. The molecule has 2 saturated heterocycles. The maximum atomic E-state index is 12.4. The first kappa shape index (κ1) is 15.7. The molecule has 0 aliphatic carbocycles. The molecule has 0 N–H and O–H groups in total. The van der Waals surface area contributed by atoms with Gasteiger partial charge in [-0.15, -0.1) is 12.3 Å². The van der Waals surface area contributed by atoms with Gasteiger partial charge in [-0.05, 0) is 33.6 Å². The Labute approximate surface area is 126 Å². The van der Waals surface area contributed by atoms with Crippen molar-refractivity contribution in [1.29, 1.82) is 0 Å². The van der Waals surface area contributed by atoms with Crippen LogP contribution in [-0.4, -0.2) is 53.1 Å². The third-order valence-electron chi connectivity index (χ3n) is 3.98. The first-order valence-electron chi connectivity index (χ1n) is 7.53. The van der Waals surface area contributed by atoms with E-state index < -0.39 is 5.60 Å². The van der Waals surface area contributed by atoms with Crippen LogP contribution in [0.1, 0.15) is 40.0 Å². The normalized spacial score (nSPS) is 26.1. The molecule has 2 rings (SSSR count). The highest BCUT2D eigenvalue weighted by molar-refractivity contribution is 5.81. The zero-order valence-electron chi connectivity index (χ0n) is 13.1. The van der Waals surface area contributed by atoms with Gasteiger partial charge in [0.05, 0.1) is 0 Å². The molecule has 2 aliphatic rings. The maximum absolute atomic E-state index is 12.4. The Bertz CT molecular complexity index is 461. The average molecular weight is 292 g/mol. The minimum absolute atomic E-state index is 0.0423. The molecule has 2 unspecified atom stereocenters. The lowest BCUT2D eigenvalue weighted by atomic mass is 9.88. The standard InChI is InChI=1S/C16H24N2O3/c1-5-6-12-7-8-13-11-17(9-10-18(13)14(12)19)15(20)21-16(2,3)4/h1,12-13H,6-11H2,2-4H3. The highest BCUT2D eigenvalue weighted by Gasteiger charge is 2.39. The van der Waals surface area contributed by atoms with Crippen LogP contribution in [0.2, 0.25) is 0 Å². The number of hydrogen-bond acceptors (Lipinski definition) is 3. The van der Waals surface area contributed by atoms with Crippen molar-refractivity contribution in [3.8, 4) is 12.3 Å². The van der Waals surface area contributed by atoms with E-state index in [0.717, 1.165) is 12.8 Å². The topological polar surface area (TPSA) is 49.9 Å². The van der Waals surface area contributed by atoms with Gasteiger partial charge >= 0.3 is 6.09 Å². The van der Waals surface area contributed by atoms with E-state index in [-0.39, 0.29) is 24.0 Å². The van der Waals surface area contributed by atoms with Crippen molar-refractivity contribution < 1.29 is 14.3 Å². The molecule has 116 valence electrons. The fourth-order valence-corrected chi connectivity index (χ4v) is 2.97. The van der Waals surface area contributed by atoms with Crippen LogP contribution in [0.4, 0.5) is 4.79 Å². The van der Waals surface area contributed by atoms with Gasteiger partial charge in [0.2, 0.25) is 5.91 Å². The molecular formula is C16H24N2O3.